The number of nitrogens with zero attached hydrogens (tertiary/aromatic N) is 1. The molecule has 0 aliphatic carbocycles. The normalized spacial score (nSPS) is 21.5. The maximum absolute atomic E-state index is 3.81. The molecule has 0 radical (unpaired) electrons. The molecule has 2 heteroatoms. The third-order valence-electron chi connectivity index (χ3n) is 3.34. The van der Waals surface area contributed by atoms with E-state index < -0.39 is 0 Å². The van der Waals surface area contributed by atoms with Gasteiger partial charge in [-0.1, -0.05) is 13.0 Å². The molecular formula is C13H26N2. The maximum atomic E-state index is 3.81. The second-order valence-electron chi connectivity index (χ2n) is 4.64. The predicted molar refractivity (Wildman–Crippen MR) is 67.2 cm³/mol. The summed E-state index contributed by atoms with van der Waals surface area (Å²) in [4.78, 5) is 2.59. The Hall–Kier alpha value is -0.340. The lowest BCUT2D eigenvalue weighted by Gasteiger charge is -2.36. The van der Waals surface area contributed by atoms with E-state index in [1.807, 2.05) is 6.08 Å². The Balaban J connectivity index is 2.20. The fourth-order valence-electron chi connectivity index (χ4n) is 2.28. The molecule has 1 fully saturated rings. The highest BCUT2D eigenvalue weighted by Crippen LogP contribution is 2.14. The first-order chi connectivity index (χ1) is 7.27. The summed E-state index contributed by atoms with van der Waals surface area (Å²) in [6, 6.07) is 1.44. The zero-order valence-electron chi connectivity index (χ0n) is 10.3. The Kier molecular flexibility index (Phi) is 5.96. The van der Waals surface area contributed by atoms with Gasteiger partial charge in [0.1, 0.15) is 0 Å². The van der Waals surface area contributed by atoms with E-state index in [4.69, 9.17) is 0 Å². The van der Waals surface area contributed by atoms with Gasteiger partial charge in [0.15, 0.2) is 0 Å². The van der Waals surface area contributed by atoms with Crippen LogP contribution in [0.5, 0.6) is 0 Å². The molecule has 0 aromatic heterocycles. The van der Waals surface area contributed by atoms with Crippen LogP contribution < -0.4 is 5.32 Å². The van der Waals surface area contributed by atoms with Crippen LogP contribution in [0.2, 0.25) is 0 Å². The van der Waals surface area contributed by atoms with Crippen LogP contribution in [-0.4, -0.2) is 36.6 Å². The molecule has 0 saturated carbocycles. The fourth-order valence-corrected chi connectivity index (χ4v) is 2.28. The zero-order valence-corrected chi connectivity index (χ0v) is 10.3. The fraction of sp³-hybridized carbons (Fsp3) is 0.846. The monoisotopic (exact) mass is 210 g/mol. The summed E-state index contributed by atoms with van der Waals surface area (Å²) in [7, 11) is 0. The number of rotatable bonds is 6. The Morgan fingerprint density at radius 1 is 1.47 bits per heavy atom. The molecule has 1 heterocycles. The van der Waals surface area contributed by atoms with Crippen LogP contribution in [0, 0.1) is 0 Å². The lowest BCUT2D eigenvalue weighted by atomic mass is 10.0. The first-order valence-corrected chi connectivity index (χ1v) is 6.36. The van der Waals surface area contributed by atoms with Crippen LogP contribution in [0.3, 0.4) is 0 Å². The molecule has 0 aromatic carbocycles. The average molecular weight is 210 g/mol. The summed E-state index contributed by atoms with van der Waals surface area (Å²) < 4.78 is 0. The second-order valence-corrected chi connectivity index (χ2v) is 4.64. The summed E-state index contributed by atoms with van der Waals surface area (Å²) >= 11 is 0. The van der Waals surface area contributed by atoms with E-state index in [2.05, 4.69) is 30.6 Å². The molecule has 1 rings (SSSR count). The molecular weight excluding hydrogens is 184 g/mol. The minimum atomic E-state index is 0.676. The van der Waals surface area contributed by atoms with E-state index in [0.29, 0.717) is 6.04 Å². The van der Waals surface area contributed by atoms with Gasteiger partial charge in [0, 0.05) is 12.1 Å². The van der Waals surface area contributed by atoms with Crippen LogP contribution >= 0.6 is 0 Å². The van der Waals surface area contributed by atoms with Gasteiger partial charge in [-0.25, -0.2) is 0 Å². The SMILES string of the molecule is C=CCC(C)N1CCC(NCCC)CC1. The first-order valence-electron chi connectivity index (χ1n) is 6.36. The van der Waals surface area contributed by atoms with E-state index in [1.54, 1.807) is 0 Å². The van der Waals surface area contributed by atoms with Gasteiger partial charge in [-0.05, 0) is 52.2 Å². The molecule has 0 amide bonds. The molecule has 1 aliphatic heterocycles. The van der Waals surface area contributed by atoms with Crippen molar-refractivity contribution in [3.8, 4) is 0 Å². The predicted octanol–water partition coefficient (Wildman–Crippen LogP) is 2.42. The topological polar surface area (TPSA) is 15.3 Å². The molecule has 88 valence electrons. The Bertz CT molecular complexity index is 171. The van der Waals surface area contributed by atoms with Gasteiger partial charge in [-0.3, -0.25) is 0 Å². The highest BCUT2D eigenvalue weighted by Gasteiger charge is 2.21. The number of nitrogens with one attached hydrogen (secondary N) is 1. The maximum Gasteiger partial charge on any atom is 0.0101 e. The minimum Gasteiger partial charge on any atom is -0.314 e. The highest BCUT2D eigenvalue weighted by molar-refractivity contribution is 4.83. The molecule has 0 aromatic rings. The largest absolute Gasteiger partial charge is 0.314 e. The second kappa shape index (κ2) is 7.02. The van der Waals surface area contributed by atoms with E-state index in [9.17, 15) is 0 Å². The molecule has 15 heavy (non-hydrogen) atoms. The number of likely N-dealkylation sites (tertiary alicyclic amines) is 1. The van der Waals surface area contributed by atoms with Gasteiger partial charge in [0.2, 0.25) is 0 Å². The molecule has 1 saturated heterocycles. The van der Waals surface area contributed by atoms with E-state index >= 15 is 0 Å². The van der Waals surface area contributed by atoms with Crippen LogP contribution in [0.4, 0.5) is 0 Å². The van der Waals surface area contributed by atoms with Crippen LogP contribution in [0.25, 0.3) is 0 Å². The van der Waals surface area contributed by atoms with Crippen molar-refractivity contribution in [2.45, 2.75) is 51.6 Å². The van der Waals surface area contributed by atoms with Gasteiger partial charge < -0.3 is 10.2 Å². The lowest BCUT2D eigenvalue weighted by Crippen LogP contribution is -2.45. The minimum absolute atomic E-state index is 0.676. The van der Waals surface area contributed by atoms with Gasteiger partial charge in [0.25, 0.3) is 0 Å². The van der Waals surface area contributed by atoms with Crippen LogP contribution in [0.15, 0.2) is 12.7 Å². The van der Waals surface area contributed by atoms with Crippen molar-refractivity contribution in [2.75, 3.05) is 19.6 Å². The van der Waals surface area contributed by atoms with Crippen molar-refractivity contribution in [3.05, 3.63) is 12.7 Å². The molecule has 1 unspecified atom stereocenters. The van der Waals surface area contributed by atoms with Gasteiger partial charge in [0.05, 0.1) is 0 Å². The molecule has 1 atom stereocenters. The number of piperidine rings is 1. The van der Waals surface area contributed by atoms with Crippen molar-refractivity contribution in [1.82, 2.24) is 10.2 Å². The third kappa shape index (κ3) is 4.35. The molecule has 2 nitrogen and oxygen atoms in total. The van der Waals surface area contributed by atoms with Crippen molar-refractivity contribution in [3.63, 3.8) is 0 Å². The molecule has 1 N–H and O–H groups in total. The molecule has 0 bridgehead atoms. The smallest absolute Gasteiger partial charge is 0.0101 e. The van der Waals surface area contributed by atoms with E-state index in [-0.39, 0.29) is 0 Å². The average Bonchev–Trinajstić information content (AvgIpc) is 2.27. The zero-order chi connectivity index (χ0) is 11.1. The van der Waals surface area contributed by atoms with Crippen molar-refractivity contribution in [1.29, 1.82) is 0 Å². The summed E-state index contributed by atoms with van der Waals surface area (Å²) in [5.41, 5.74) is 0. The van der Waals surface area contributed by atoms with E-state index in [1.165, 1.54) is 38.9 Å². The van der Waals surface area contributed by atoms with Gasteiger partial charge >= 0.3 is 0 Å². The molecule has 1 aliphatic rings. The Labute approximate surface area is 94.7 Å². The third-order valence-corrected chi connectivity index (χ3v) is 3.34. The van der Waals surface area contributed by atoms with Crippen molar-refractivity contribution in [2.24, 2.45) is 0 Å². The first kappa shape index (κ1) is 12.7. The summed E-state index contributed by atoms with van der Waals surface area (Å²) in [6.45, 7) is 12.0. The Morgan fingerprint density at radius 2 is 2.13 bits per heavy atom. The van der Waals surface area contributed by atoms with Gasteiger partial charge in [-0.15, -0.1) is 6.58 Å². The van der Waals surface area contributed by atoms with Crippen molar-refractivity contribution >= 4 is 0 Å². The van der Waals surface area contributed by atoms with Gasteiger partial charge in [-0.2, -0.15) is 0 Å². The number of hydrogen-bond acceptors (Lipinski definition) is 2. The molecule has 0 spiro atoms. The van der Waals surface area contributed by atoms with Crippen molar-refractivity contribution < 1.29 is 0 Å². The standard InChI is InChI=1S/C13H26N2/c1-4-6-12(3)15-10-7-13(8-11-15)14-9-5-2/h4,12-14H,1,5-11H2,2-3H3. The lowest BCUT2D eigenvalue weighted by molar-refractivity contribution is 0.153. The quantitative estimate of drug-likeness (QED) is 0.677. The van der Waals surface area contributed by atoms with Crippen LogP contribution in [0.1, 0.15) is 39.5 Å². The Morgan fingerprint density at radius 3 is 2.67 bits per heavy atom. The number of hydrogen-bond donors (Lipinski definition) is 1. The summed E-state index contributed by atoms with van der Waals surface area (Å²) in [5, 5.41) is 3.62. The van der Waals surface area contributed by atoms with E-state index in [0.717, 1.165) is 12.5 Å². The summed E-state index contributed by atoms with van der Waals surface area (Å²) in [6.07, 6.45) is 7.01. The highest BCUT2D eigenvalue weighted by atomic mass is 15.2. The summed E-state index contributed by atoms with van der Waals surface area (Å²) in [5.74, 6) is 0. The van der Waals surface area contributed by atoms with Crippen LogP contribution in [-0.2, 0) is 0 Å².